The minimum Gasteiger partial charge on any atom is -0.494 e. The molecule has 29 heavy (non-hydrogen) atoms. The van der Waals surface area contributed by atoms with Gasteiger partial charge in [0.05, 0.1) is 24.5 Å². The highest BCUT2D eigenvalue weighted by Crippen LogP contribution is 2.28. The summed E-state index contributed by atoms with van der Waals surface area (Å²) in [7, 11) is 1.89. The van der Waals surface area contributed by atoms with Gasteiger partial charge in [-0.25, -0.2) is 4.79 Å². The van der Waals surface area contributed by atoms with Crippen molar-refractivity contribution in [3.05, 3.63) is 67.1 Å². The van der Waals surface area contributed by atoms with E-state index in [2.05, 4.69) is 20.7 Å². The number of amides is 2. The number of nitrogens with one attached hydrogen (secondary N) is 2. The zero-order chi connectivity index (χ0) is 20.2. The van der Waals surface area contributed by atoms with E-state index in [1.165, 1.54) is 0 Å². The maximum Gasteiger partial charge on any atom is 0.323 e. The second kappa shape index (κ2) is 8.02. The first-order valence-electron chi connectivity index (χ1n) is 9.31. The Morgan fingerprint density at radius 1 is 1.03 bits per heavy atom. The lowest BCUT2D eigenvalue weighted by atomic mass is 10.0. The molecule has 7 nitrogen and oxygen atoms in total. The number of rotatable bonds is 5. The van der Waals surface area contributed by atoms with Crippen molar-refractivity contribution in [3.8, 4) is 16.9 Å². The van der Waals surface area contributed by atoms with Crippen LogP contribution < -0.4 is 15.4 Å². The molecular formula is C22H21N5O2. The highest BCUT2D eigenvalue weighted by molar-refractivity contribution is 6.00. The van der Waals surface area contributed by atoms with Crippen molar-refractivity contribution in [2.24, 2.45) is 7.05 Å². The number of hydrogen-bond donors (Lipinski definition) is 2. The van der Waals surface area contributed by atoms with Gasteiger partial charge in [-0.3, -0.25) is 9.67 Å². The topological polar surface area (TPSA) is 81.1 Å². The Labute approximate surface area is 168 Å². The SMILES string of the molecule is CCOc1cccc(NC(=O)Nc2ccc(-c3cncc4c3cnn4C)cc2)c1. The number of benzene rings is 2. The molecule has 0 aliphatic carbocycles. The molecule has 0 spiro atoms. The average Bonchev–Trinajstić information content (AvgIpc) is 3.10. The van der Waals surface area contributed by atoms with E-state index in [0.29, 0.717) is 23.7 Å². The number of fused-ring (bicyclic) bond motifs is 1. The van der Waals surface area contributed by atoms with Crippen LogP contribution in [0, 0.1) is 0 Å². The van der Waals surface area contributed by atoms with Gasteiger partial charge in [-0.05, 0) is 36.8 Å². The van der Waals surface area contributed by atoms with E-state index in [0.717, 1.165) is 22.0 Å². The predicted octanol–water partition coefficient (Wildman–Crippen LogP) is 4.68. The van der Waals surface area contributed by atoms with E-state index in [1.807, 2.05) is 68.8 Å². The van der Waals surface area contributed by atoms with Crippen molar-refractivity contribution in [1.29, 1.82) is 0 Å². The summed E-state index contributed by atoms with van der Waals surface area (Å²) in [5.41, 5.74) is 4.34. The number of urea groups is 1. The molecule has 0 fully saturated rings. The summed E-state index contributed by atoms with van der Waals surface area (Å²) in [6.45, 7) is 2.49. The van der Waals surface area contributed by atoms with Crippen LogP contribution in [0.5, 0.6) is 5.75 Å². The van der Waals surface area contributed by atoms with E-state index >= 15 is 0 Å². The van der Waals surface area contributed by atoms with Crippen LogP contribution in [0.2, 0.25) is 0 Å². The first-order chi connectivity index (χ1) is 14.1. The van der Waals surface area contributed by atoms with E-state index in [4.69, 9.17) is 4.74 Å². The lowest BCUT2D eigenvalue weighted by Gasteiger charge is -2.10. The number of anilines is 2. The molecule has 2 aromatic heterocycles. The first-order valence-corrected chi connectivity index (χ1v) is 9.31. The standard InChI is InChI=1S/C22H21N5O2/c1-3-29-18-6-4-5-17(11-18)26-22(28)25-16-9-7-15(8-10-16)19-12-23-14-21-20(19)13-24-27(21)2/h4-14H,3H2,1-2H3,(H2,25,26,28). The zero-order valence-electron chi connectivity index (χ0n) is 16.2. The normalized spacial score (nSPS) is 10.7. The lowest BCUT2D eigenvalue weighted by molar-refractivity contribution is 0.262. The molecule has 4 aromatic rings. The van der Waals surface area contributed by atoms with Crippen molar-refractivity contribution in [1.82, 2.24) is 14.8 Å². The molecule has 0 atom stereocenters. The molecule has 2 heterocycles. The Balaban J connectivity index is 1.47. The second-order valence-corrected chi connectivity index (χ2v) is 6.51. The van der Waals surface area contributed by atoms with Crippen LogP contribution in [0.15, 0.2) is 67.1 Å². The van der Waals surface area contributed by atoms with Crippen molar-refractivity contribution < 1.29 is 9.53 Å². The maximum absolute atomic E-state index is 12.3. The van der Waals surface area contributed by atoms with Crippen LogP contribution in [-0.2, 0) is 7.05 Å². The third kappa shape index (κ3) is 4.03. The van der Waals surface area contributed by atoms with Crippen molar-refractivity contribution in [2.45, 2.75) is 6.92 Å². The molecule has 0 aliphatic rings. The van der Waals surface area contributed by atoms with E-state index in [1.54, 1.807) is 16.9 Å². The van der Waals surface area contributed by atoms with Crippen molar-refractivity contribution >= 4 is 28.3 Å². The summed E-state index contributed by atoms with van der Waals surface area (Å²) in [5, 5.41) is 11.0. The lowest BCUT2D eigenvalue weighted by Crippen LogP contribution is -2.19. The van der Waals surface area contributed by atoms with Gasteiger partial charge in [-0.1, -0.05) is 18.2 Å². The van der Waals surface area contributed by atoms with Crippen LogP contribution in [0.3, 0.4) is 0 Å². The summed E-state index contributed by atoms with van der Waals surface area (Å²) in [4.78, 5) is 16.6. The Morgan fingerprint density at radius 2 is 1.83 bits per heavy atom. The molecule has 146 valence electrons. The molecule has 2 N–H and O–H groups in total. The van der Waals surface area contributed by atoms with Crippen LogP contribution in [0.4, 0.5) is 16.2 Å². The average molecular weight is 387 g/mol. The Bertz CT molecular complexity index is 1150. The van der Waals surface area contributed by atoms with Crippen molar-refractivity contribution in [2.75, 3.05) is 17.2 Å². The third-order valence-electron chi connectivity index (χ3n) is 4.53. The Morgan fingerprint density at radius 3 is 2.62 bits per heavy atom. The summed E-state index contributed by atoms with van der Waals surface area (Å²) in [6, 6.07) is 14.6. The molecule has 0 saturated heterocycles. The molecule has 2 amide bonds. The second-order valence-electron chi connectivity index (χ2n) is 6.51. The van der Waals surface area contributed by atoms with Gasteiger partial charge in [-0.2, -0.15) is 5.10 Å². The van der Waals surface area contributed by atoms with E-state index in [-0.39, 0.29) is 6.03 Å². The smallest absolute Gasteiger partial charge is 0.323 e. The van der Waals surface area contributed by atoms with Crippen LogP contribution in [-0.4, -0.2) is 27.4 Å². The summed E-state index contributed by atoms with van der Waals surface area (Å²) in [6.07, 6.45) is 5.46. The highest BCUT2D eigenvalue weighted by Gasteiger charge is 2.09. The van der Waals surface area contributed by atoms with Crippen LogP contribution >= 0.6 is 0 Å². The molecule has 0 aliphatic heterocycles. The summed E-state index contributed by atoms with van der Waals surface area (Å²) < 4.78 is 7.25. The first kappa shape index (κ1) is 18.5. The summed E-state index contributed by atoms with van der Waals surface area (Å²) >= 11 is 0. The predicted molar refractivity (Wildman–Crippen MR) is 114 cm³/mol. The van der Waals surface area contributed by atoms with Gasteiger partial charge in [0.1, 0.15) is 5.75 Å². The van der Waals surface area contributed by atoms with Crippen LogP contribution in [0.25, 0.3) is 22.0 Å². The fourth-order valence-electron chi connectivity index (χ4n) is 3.15. The number of nitrogens with zero attached hydrogens (tertiary/aromatic N) is 3. The van der Waals surface area contributed by atoms with E-state index < -0.39 is 0 Å². The van der Waals surface area contributed by atoms with Gasteiger partial charge < -0.3 is 15.4 Å². The zero-order valence-corrected chi connectivity index (χ0v) is 16.2. The number of carbonyl (C=O) groups is 1. The summed E-state index contributed by atoms with van der Waals surface area (Å²) in [5.74, 6) is 0.716. The van der Waals surface area contributed by atoms with Crippen LogP contribution in [0.1, 0.15) is 6.92 Å². The molecule has 0 unspecified atom stereocenters. The number of pyridine rings is 1. The number of carbonyl (C=O) groups excluding carboxylic acids is 1. The molecule has 4 rings (SSSR count). The molecule has 0 radical (unpaired) electrons. The number of ether oxygens (including phenoxy) is 1. The van der Waals surface area contributed by atoms with Gasteiger partial charge >= 0.3 is 6.03 Å². The quantitative estimate of drug-likeness (QED) is 0.521. The fraction of sp³-hybridized carbons (Fsp3) is 0.136. The molecular weight excluding hydrogens is 366 g/mol. The van der Waals surface area contributed by atoms with Gasteiger partial charge in [0.2, 0.25) is 0 Å². The van der Waals surface area contributed by atoms with Gasteiger partial charge in [-0.15, -0.1) is 0 Å². The maximum atomic E-state index is 12.3. The monoisotopic (exact) mass is 387 g/mol. The minimum atomic E-state index is -0.317. The van der Waals surface area contributed by atoms with Crippen molar-refractivity contribution in [3.63, 3.8) is 0 Å². The third-order valence-corrected chi connectivity index (χ3v) is 4.53. The molecule has 0 saturated carbocycles. The minimum absolute atomic E-state index is 0.317. The van der Waals surface area contributed by atoms with Gasteiger partial charge in [0.15, 0.2) is 0 Å². The molecule has 7 heteroatoms. The van der Waals surface area contributed by atoms with Gasteiger partial charge in [0, 0.05) is 41.6 Å². The molecule has 2 aromatic carbocycles. The number of aryl methyl sites for hydroxylation is 1. The Kier molecular flexibility index (Phi) is 5.11. The number of aromatic nitrogens is 3. The largest absolute Gasteiger partial charge is 0.494 e. The number of hydrogen-bond acceptors (Lipinski definition) is 4. The molecule has 0 bridgehead atoms. The van der Waals surface area contributed by atoms with Gasteiger partial charge in [0.25, 0.3) is 0 Å². The van der Waals surface area contributed by atoms with E-state index in [9.17, 15) is 4.79 Å². The Hall–Kier alpha value is -3.87. The highest BCUT2D eigenvalue weighted by atomic mass is 16.5. The fourth-order valence-corrected chi connectivity index (χ4v) is 3.15.